The van der Waals surface area contributed by atoms with Gasteiger partial charge in [0.05, 0.1) is 0 Å². The highest BCUT2D eigenvalue weighted by Gasteiger charge is 2.08. The van der Waals surface area contributed by atoms with E-state index in [9.17, 15) is 9.18 Å². The summed E-state index contributed by atoms with van der Waals surface area (Å²) in [5, 5.41) is 11.2. The molecule has 1 amide bonds. The maximum atomic E-state index is 13.6. The maximum absolute atomic E-state index is 13.6. The Bertz CT molecular complexity index is 654. The van der Waals surface area contributed by atoms with Crippen LogP contribution in [0.1, 0.15) is 21.6 Å². The van der Waals surface area contributed by atoms with Gasteiger partial charge in [-0.3, -0.25) is 4.79 Å². The van der Waals surface area contributed by atoms with Crippen LogP contribution in [0, 0.1) is 17.7 Å². The highest BCUT2D eigenvalue weighted by molar-refractivity contribution is 5.92. The van der Waals surface area contributed by atoms with Gasteiger partial charge in [0.15, 0.2) is 0 Å². The van der Waals surface area contributed by atoms with Crippen LogP contribution in [0.25, 0.3) is 0 Å². The lowest BCUT2D eigenvalue weighted by Crippen LogP contribution is -2.23. The number of nitrogens with one attached hydrogen (secondary N) is 2. The molecule has 0 spiro atoms. The lowest BCUT2D eigenvalue weighted by atomic mass is 10.1. The van der Waals surface area contributed by atoms with Crippen LogP contribution in [0.5, 0.6) is 0 Å². The van der Waals surface area contributed by atoms with E-state index in [1.807, 2.05) is 0 Å². The number of H-pyrrole nitrogens is 1. The predicted molar refractivity (Wildman–Crippen MR) is 72.3 cm³/mol. The third kappa shape index (κ3) is 3.46. The molecule has 0 bridgehead atoms. The summed E-state index contributed by atoms with van der Waals surface area (Å²) in [7, 11) is 0. The van der Waals surface area contributed by atoms with E-state index in [0.717, 1.165) is 0 Å². The van der Waals surface area contributed by atoms with E-state index in [-0.39, 0.29) is 19.1 Å². The Kier molecular flexibility index (Phi) is 4.53. The molecule has 0 saturated heterocycles. The van der Waals surface area contributed by atoms with Crippen molar-refractivity contribution in [3.63, 3.8) is 0 Å². The zero-order valence-corrected chi connectivity index (χ0v) is 10.6. The van der Waals surface area contributed by atoms with Gasteiger partial charge in [0.1, 0.15) is 18.1 Å². The van der Waals surface area contributed by atoms with Crippen LogP contribution in [0.15, 0.2) is 36.5 Å². The van der Waals surface area contributed by atoms with E-state index in [0.29, 0.717) is 16.8 Å². The van der Waals surface area contributed by atoms with Crippen LogP contribution >= 0.6 is 0 Å². The van der Waals surface area contributed by atoms with E-state index in [4.69, 9.17) is 5.11 Å². The summed E-state index contributed by atoms with van der Waals surface area (Å²) in [5.41, 5.74) is 1.35. The van der Waals surface area contributed by atoms with Crippen molar-refractivity contribution in [3.8, 4) is 11.8 Å². The number of aliphatic hydroxyl groups excluding tert-OH is 1. The number of rotatable bonds is 3. The van der Waals surface area contributed by atoms with E-state index >= 15 is 0 Å². The molecule has 4 nitrogen and oxygen atoms in total. The standard InChI is InChI=1S/C15H13FN2O2/c16-13-6-5-11(3-2-8-19)9-12(13)10-18-15(20)14-4-1-7-17-14/h1,4-7,9,17,19H,8,10H2,(H,18,20). The molecule has 0 unspecified atom stereocenters. The molecule has 0 fully saturated rings. The Labute approximate surface area is 115 Å². The number of amides is 1. The molecule has 20 heavy (non-hydrogen) atoms. The predicted octanol–water partition coefficient (Wildman–Crippen LogP) is 1.43. The molecule has 0 saturated carbocycles. The Balaban J connectivity index is 2.07. The van der Waals surface area contributed by atoms with Gasteiger partial charge in [-0.15, -0.1) is 0 Å². The molecule has 102 valence electrons. The third-order valence-corrected chi connectivity index (χ3v) is 2.64. The molecule has 1 aromatic heterocycles. The van der Waals surface area contributed by atoms with Crippen molar-refractivity contribution >= 4 is 5.91 Å². The van der Waals surface area contributed by atoms with Gasteiger partial charge < -0.3 is 15.4 Å². The highest BCUT2D eigenvalue weighted by Crippen LogP contribution is 2.10. The van der Waals surface area contributed by atoms with Crippen LogP contribution in [-0.4, -0.2) is 22.6 Å². The summed E-state index contributed by atoms with van der Waals surface area (Å²) < 4.78 is 13.6. The minimum absolute atomic E-state index is 0.0678. The van der Waals surface area contributed by atoms with Crippen molar-refractivity contribution in [2.75, 3.05) is 6.61 Å². The molecule has 0 aliphatic carbocycles. The molecular formula is C15H13FN2O2. The van der Waals surface area contributed by atoms with Crippen molar-refractivity contribution in [2.45, 2.75) is 6.54 Å². The quantitative estimate of drug-likeness (QED) is 0.740. The van der Waals surface area contributed by atoms with E-state index < -0.39 is 5.82 Å². The van der Waals surface area contributed by atoms with Crippen LogP contribution in [0.3, 0.4) is 0 Å². The Morgan fingerprint density at radius 1 is 1.40 bits per heavy atom. The summed E-state index contributed by atoms with van der Waals surface area (Å²) in [6, 6.07) is 7.70. The van der Waals surface area contributed by atoms with Crippen LogP contribution in [0.2, 0.25) is 0 Å². The highest BCUT2D eigenvalue weighted by atomic mass is 19.1. The Morgan fingerprint density at radius 3 is 2.95 bits per heavy atom. The molecule has 5 heteroatoms. The van der Waals surface area contributed by atoms with Crippen molar-refractivity contribution in [2.24, 2.45) is 0 Å². The molecule has 0 aliphatic rings. The average molecular weight is 272 g/mol. The fraction of sp³-hybridized carbons (Fsp3) is 0.133. The summed E-state index contributed by atoms with van der Waals surface area (Å²) in [6.07, 6.45) is 1.64. The first kappa shape index (κ1) is 13.8. The number of aromatic amines is 1. The smallest absolute Gasteiger partial charge is 0.267 e. The number of aromatic nitrogens is 1. The van der Waals surface area contributed by atoms with Crippen molar-refractivity contribution in [1.29, 1.82) is 0 Å². The van der Waals surface area contributed by atoms with Gasteiger partial charge in [-0.05, 0) is 30.3 Å². The second kappa shape index (κ2) is 6.55. The normalized spacial score (nSPS) is 9.70. The van der Waals surface area contributed by atoms with Gasteiger partial charge in [0.25, 0.3) is 5.91 Å². The SMILES string of the molecule is O=C(NCc1cc(C#CCO)ccc1F)c1ccc[nH]1. The number of hydrogen-bond donors (Lipinski definition) is 3. The molecule has 2 aromatic rings. The number of aliphatic hydroxyl groups is 1. The summed E-state index contributed by atoms with van der Waals surface area (Å²) >= 11 is 0. The first-order chi connectivity index (χ1) is 9.70. The van der Waals surface area contributed by atoms with Crippen molar-refractivity contribution < 1.29 is 14.3 Å². The van der Waals surface area contributed by atoms with Gasteiger partial charge in [-0.1, -0.05) is 11.8 Å². The minimum atomic E-state index is -0.411. The lowest BCUT2D eigenvalue weighted by Gasteiger charge is -2.06. The Hall–Kier alpha value is -2.58. The van der Waals surface area contributed by atoms with Gasteiger partial charge >= 0.3 is 0 Å². The van der Waals surface area contributed by atoms with Gasteiger partial charge in [0.2, 0.25) is 0 Å². The first-order valence-corrected chi connectivity index (χ1v) is 6.00. The second-order valence-corrected chi connectivity index (χ2v) is 4.03. The number of carbonyl (C=O) groups is 1. The number of halogens is 1. The van der Waals surface area contributed by atoms with Gasteiger partial charge in [0, 0.05) is 23.9 Å². The molecule has 0 radical (unpaired) electrons. The number of benzene rings is 1. The summed E-state index contributed by atoms with van der Waals surface area (Å²) in [5.74, 6) is 4.47. The molecule has 0 atom stereocenters. The molecular weight excluding hydrogens is 259 g/mol. The van der Waals surface area contributed by atoms with Crippen molar-refractivity contribution in [3.05, 3.63) is 59.2 Å². The zero-order valence-electron chi connectivity index (χ0n) is 10.6. The van der Waals surface area contributed by atoms with Crippen molar-refractivity contribution in [1.82, 2.24) is 10.3 Å². The number of carbonyl (C=O) groups excluding carboxylic acids is 1. The Morgan fingerprint density at radius 2 is 2.25 bits per heavy atom. The second-order valence-electron chi connectivity index (χ2n) is 4.03. The average Bonchev–Trinajstić information content (AvgIpc) is 2.99. The zero-order chi connectivity index (χ0) is 14.4. The van der Waals surface area contributed by atoms with Gasteiger partial charge in [-0.2, -0.15) is 0 Å². The molecule has 2 rings (SSSR count). The van der Waals surface area contributed by atoms with Crippen LogP contribution < -0.4 is 5.32 Å². The monoisotopic (exact) mass is 272 g/mol. The third-order valence-electron chi connectivity index (χ3n) is 2.64. The summed E-state index contributed by atoms with van der Waals surface area (Å²) in [4.78, 5) is 14.5. The first-order valence-electron chi connectivity index (χ1n) is 6.00. The lowest BCUT2D eigenvalue weighted by molar-refractivity contribution is 0.0946. The molecule has 3 N–H and O–H groups in total. The fourth-order valence-corrected chi connectivity index (χ4v) is 1.67. The fourth-order valence-electron chi connectivity index (χ4n) is 1.67. The number of hydrogen-bond acceptors (Lipinski definition) is 2. The van der Waals surface area contributed by atoms with E-state index in [1.54, 1.807) is 24.4 Å². The topological polar surface area (TPSA) is 65.1 Å². The molecule has 1 aromatic carbocycles. The molecule has 0 aliphatic heterocycles. The minimum Gasteiger partial charge on any atom is -0.384 e. The summed E-state index contributed by atoms with van der Waals surface area (Å²) in [6.45, 7) is -0.186. The molecule has 1 heterocycles. The van der Waals surface area contributed by atoms with E-state index in [2.05, 4.69) is 22.1 Å². The largest absolute Gasteiger partial charge is 0.384 e. The van der Waals surface area contributed by atoms with Crippen LogP contribution in [0.4, 0.5) is 4.39 Å². The maximum Gasteiger partial charge on any atom is 0.267 e. The van der Waals surface area contributed by atoms with Gasteiger partial charge in [-0.25, -0.2) is 4.39 Å². The van der Waals surface area contributed by atoms with E-state index in [1.165, 1.54) is 12.1 Å². The van der Waals surface area contributed by atoms with Crippen LogP contribution in [-0.2, 0) is 6.54 Å².